The van der Waals surface area contributed by atoms with E-state index in [9.17, 15) is 34.4 Å². The van der Waals surface area contributed by atoms with Gasteiger partial charge in [0.2, 0.25) is 5.76 Å². The molecule has 0 aromatic rings. The summed E-state index contributed by atoms with van der Waals surface area (Å²) in [7, 11) is -5.08. The van der Waals surface area contributed by atoms with Crippen molar-refractivity contribution in [3.05, 3.63) is 58.6 Å². The van der Waals surface area contributed by atoms with E-state index in [0.717, 1.165) is 17.6 Å². The molecule has 0 aromatic carbocycles. The molecule has 35 heavy (non-hydrogen) atoms. The van der Waals surface area contributed by atoms with Crippen LogP contribution in [0.5, 0.6) is 0 Å². The van der Waals surface area contributed by atoms with Gasteiger partial charge in [0.15, 0.2) is 17.6 Å². The molecule has 3 N–H and O–H groups in total. The van der Waals surface area contributed by atoms with Gasteiger partial charge in [-0.1, -0.05) is 56.7 Å². The monoisotopic (exact) mass is 511 g/mol. The summed E-state index contributed by atoms with van der Waals surface area (Å²) in [5.74, 6) is -3.80. The van der Waals surface area contributed by atoms with Crippen LogP contribution in [0.15, 0.2) is 58.6 Å². The molecule has 1 aliphatic carbocycles. The van der Waals surface area contributed by atoms with Gasteiger partial charge in [0.25, 0.3) is 7.82 Å². The Morgan fingerprint density at radius 2 is 2.00 bits per heavy atom. The molecule has 0 bridgehead atoms. The number of hydrogen-bond acceptors (Lipinski definition) is 10. The summed E-state index contributed by atoms with van der Waals surface area (Å²) in [5.41, 5.74) is 1.51. The molecule has 194 valence electrons. The van der Waals surface area contributed by atoms with Crippen LogP contribution in [0, 0.1) is 5.41 Å². The van der Waals surface area contributed by atoms with E-state index >= 15 is 0 Å². The van der Waals surface area contributed by atoms with Crippen molar-refractivity contribution in [3.8, 4) is 0 Å². The number of rotatable bonds is 10. The molecular formula is C24H32O10P-. The first-order valence-electron chi connectivity index (χ1n) is 11.1. The van der Waals surface area contributed by atoms with Crippen LogP contribution < -0.4 is 4.89 Å². The minimum atomic E-state index is -5.08. The molecule has 2 aliphatic rings. The summed E-state index contributed by atoms with van der Waals surface area (Å²) < 4.78 is 26.6. The van der Waals surface area contributed by atoms with Gasteiger partial charge >= 0.3 is 5.97 Å². The number of ketones is 1. The lowest BCUT2D eigenvalue weighted by Crippen LogP contribution is -2.38. The Morgan fingerprint density at radius 3 is 2.57 bits per heavy atom. The molecule has 0 aromatic heterocycles. The lowest BCUT2D eigenvalue weighted by Gasteiger charge is -2.38. The number of carbonyl (C=O) groups is 2. The molecule has 1 heterocycles. The molecule has 1 aliphatic heterocycles. The number of esters is 1. The fourth-order valence-corrected chi connectivity index (χ4v) is 4.66. The summed E-state index contributed by atoms with van der Waals surface area (Å²) in [4.78, 5) is 36.5. The first kappa shape index (κ1) is 28.7. The third kappa shape index (κ3) is 7.25. The Bertz CT molecular complexity index is 1050. The van der Waals surface area contributed by atoms with E-state index in [0.29, 0.717) is 5.57 Å². The fraction of sp³-hybridized carbons (Fsp3) is 0.500. The molecule has 4 atom stereocenters. The summed E-state index contributed by atoms with van der Waals surface area (Å²) in [6.45, 7) is 8.36. The van der Waals surface area contributed by atoms with E-state index in [1.807, 2.05) is 58.1 Å². The Balaban J connectivity index is 2.09. The molecule has 2 rings (SSSR count). The molecule has 11 heteroatoms. The number of aliphatic hydroxyl groups excluding tert-OH is 3. The van der Waals surface area contributed by atoms with Crippen LogP contribution in [0.2, 0.25) is 0 Å². The van der Waals surface area contributed by atoms with Gasteiger partial charge in [0.1, 0.15) is 12.2 Å². The second-order valence-corrected chi connectivity index (χ2v) is 10.4. The Labute approximate surface area is 204 Å². The van der Waals surface area contributed by atoms with Crippen LogP contribution in [0.25, 0.3) is 0 Å². The highest BCUT2D eigenvalue weighted by Crippen LogP contribution is 2.47. The van der Waals surface area contributed by atoms with Crippen LogP contribution in [-0.2, 0) is 27.9 Å². The summed E-state index contributed by atoms with van der Waals surface area (Å²) >= 11 is 0. The zero-order valence-electron chi connectivity index (χ0n) is 20.4. The van der Waals surface area contributed by atoms with Gasteiger partial charge in [0, 0.05) is 0 Å². The normalized spacial score (nSPS) is 26.1. The van der Waals surface area contributed by atoms with Crippen molar-refractivity contribution >= 4 is 19.6 Å². The molecule has 10 nitrogen and oxygen atoms in total. The molecular weight excluding hydrogens is 479 g/mol. The molecule has 0 spiro atoms. The minimum absolute atomic E-state index is 0.0666. The van der Waals surface area contributed by atoms with Crippen molar-refractivity contribution in [2.24, 2.45) is 5.41 Å². The number of ether oxygens (including phenoxy) is 1. The quantitative estimate of drug-likeness (QED) is 0.225. The average molecular weight is 511 g/mol. The Kier molecular flexibility index (Phi) is 9.44. The number of aliphatic hydroxyl groups is 3. The summed E-state index contributed by atoms with van der Waals surface area (Å²) in [6, 6.07) is 0. The molecule has 0 radical (unpaired) electrons. The maximum atomic E-state index is 12.9. The van der Waals surface area contributed by atoms with E-state index in [-0.39, 0.29) is 6.42 Å². The van der Waals surface area contributed by atoms with E-state index in [4.69, 9.17) is 4.52 Å². The highest BCUT2D eigenvalue weighted by Gasteiger charge is 2.42. The topological polar surface area (TPSA) is 163 Å². The van der Waals surface area contributed by atoms with Crippen molar-refractivity contribution in [3.63, 3.8) is 0 Å². The van der Waals surface area contributed by atoms with Gasteiger partial charge in [-0.15, -0.1) is 0 Å². The number of Topliss-reactive ketones (excluding diaryl/α,β-unsaturated/α-hetero) is 1. The number of phosphoric ester groups is 1. The number of hydrogen-bond donors (Lipinski definition) is 3. The number of carbonyl (C=O) groups excluding carboxylic acids is 2. The molecule has 0 fully saturated rings. The van der Waals surface area contributed by atoms with Crippen LogP contribution in [0.4, 0.5) is 0 Å². The largest absolute Gasteiger partial charge is 0.756 e. The third-order valence-electron chi connectivity index (χ3n) is 5.68. The number of cyclic esters (lactones) is 1. The van der Waals surface area contributed by atoms with Gasteiger partial charge in [-0.05, 0) is 43.3 Å². The predicted octanol–water partition coefficient (Wildman–Crippen LogP) is 3.25. The van der Waals surface area contributed by atoms with E-state index in [1.54, 1.807) is 6.92 Å². The lowest BCUT2D eigenvalue weighted by molar-refractivity contribution is -0.232. The van der Waals surface area contributed by atoms with Gasteiger partial charge in [-0.3, -0.25) is 9.36 Å². The molecule has 0 saturated heterocycles. The van der Waals surface area contributed by atoms with Gasteiger partial charge < -0.3 is 34.0 Å². The summed E-state index contributed by atoms with van der Waals surface area (Å²) in [5, 5.41) is 28.9. The van der Waals surface area contributed by atoms with Crippen LogP contribution in [-0.4, -0.2) is 52.0 Å². The average Bonchev–Trinajstić information content (AvgIpc) is 3.02. The number of allylic oxidation sites excluding steroid dienone is 7. The van der Waals surface area contributed by atoms with Gasteiger partial charge in [0.05, 0.1) is 6.61 Å². The molecule has 0 amide bonds. The second-order valence-electron chi connectivity index (χ2n) is 9.04. The highest BCUT2D eigenvalue weighted by atomic mass is 31.2. The zero-order chi connectivity index (χ0) is 26.6. The van der Waals surface area contributed by atoms with Crippen LogP contribution >= 0.6 is 7.82 Å². The smallest absolute Gasteiger partial charge is 0.377 e. The van der Waals surface area contributed by atoms with Crippen molar-refractivity contribution < 1.29 is 48.2 Å². The van der Waals surface area contributed by atoms with E-state index < -0.39 is 61.4 Å². The first-order valence-corrected chi connectivity index (χ1v) is 12.6. The third-order valence-corrected chi connectivity index (χ3v) is 6.66. The Hall–Kier alpha value is -2.49. The van der Waals surface area contributed by atoms with Crippen molar-refractivity contribution in [2.45, 2.75) is 65.8 Å². The van der Waals surface area contributed by atoms with Crippen LogP contribution in [0.3, 0.4) is 0 Å². The highest BCUT2D eigenvalue weighted by molar-refractivity contribution is 7.45. The van der Waals surface area contributed by atoms with E-state index in [1.165, 1.54) is 0 Å². The predicted molar refractivity (Wildman–Crippen MR) is 125 cm³/mol. The van der Waals surface area contributed by atoms with Gasteiger partial charge in [-0.2, -0.15) is 0 Å². The molecule has 0 saturated carbocycles. The van der Waals surface area contributed by atoms with Crippen molar-refractivity contribution in [2.75, 3.05) is 6.61 Å². The first-order chi connectivity index (χ1) is 16.2. The van der Waals surface area contributed by atoms with Crippen LogP contribution in [0.1, 0.15) is 47.5 Å². The molecule has 2 unspecified atom stereocenters. The second kappa shape index (κ2) is 11.5. The van der Waals surface area contributed by atoms with Crippen molar-refractivity contribution in [1.82, 2.24) is 0 Å². The maximum Gasteiger partial charge on any atom is 0.377 e. The standard InChI is InChI=1S/C24H33O10P/c1-6-7-8-9-14(2)10-11-16-15(3)19(26)18(12-24(16,4)5)34-35(30,31)32-13-17(25)22-20(27)21(28)23(29)33-22/h7-11,17-18,22,25,27-28H,6,12-13H2,1-5H3,(H,30,31)/p-1/b8-7+,11-10+,14-9+/t17-,18?,22+/m0/s1. The van der Waals surface area contributed by atoms with Crippen molar-refractivity contribution in [1.29, 1.82) is 0 Å². The fourth-order valence-electron chi connectivity index (χ4n) is 3.78. The maximum absolute atomic E-state index is 12.9. The zero-order valence-corrected chi connectivity index (χ0v) is 21.3. The minimum Gasteiger partial charge on any atom is -0.756 e. The van der Waals surface area contributed by atoms with Gasteiger partial charge in [-0.25, -0.2) is 4.79 Å². The summed E-state index contributed by atoms with van der Waals surface area (Å²) in [6.07, 6.45) is 5.80. The van der Waals surface area contributed by atoms with E-state index in [2.05, 4.69) is 9.26 Å². The SMILES string of the molecule is CC/C=C/C=C(C)/C=C/C1=C(C)C(=O)C(OP(=O)([O-])OC[C@H](O)[C@H]2OC(=O)C(O)=C2O)CC1(C)C. The number of phosphoric acid groups is 1. The Morgan fingerprint density at radius 1 is 1.34 bits per heavy atom. The lowest BCUT2D eigenvalue weighted by atomic mass is 9.71.